The Labute approximate surface area is 99.3 Å². The van der Waals surface area contributed by atoms with Crippen LogP contribution in [0, 0.1) is 12.3 Å². The third kappa shape index (κ3) is 2.52. The molecule has 2 rings (SSSR count). The van der Waals surface area contributed by atoms with Gasteiger partial charge in [0.05, 0.1) is 6.54 Å². The Morgan fingerprint density at radius 1 is 1.31 bits per heavy atom. The molecule has 1 saturated heterocycles. The van der Waals surface area contributed by atoms with Crippen molar-refractivity contribution < 1.29 is 0 Å². The van der Waals surface area contributed by atoms with Gasteiger partial charge in [0.25, 0.3) is 0 Å². The van der Waals surface area contributed by atoms with Crippen LogP contribution < -0.4 is 10.2 Å². The number of nitrogens with zero attached hydrogens (tertiary/aromatic N) is 4. The van der Waals surface area contributed by atoms with Crippen molar-refractivity contribution in [2.45, 2.75) is 12.8 Å². The zero-order chi connectivity index (χ0) is 11.4. The molecule has 0 amide bonds. The van der Waals surface area contributed by atoms with Gasteiger partial charge in [0.1, 0.15) is 0 Å². The van der Waals surface area contributed by atoms with E-state index >= 15 is 0 Å². The number of anilines is 2. The van der Waals surface area contributed by atoms with Gasteiger partial charge in [-0.05, 0) is 24.4 Å². The Morgan fingerprint density at radius 3 is 2.75 bits per heavy atom. The quantitative estimate of drug-likeness (QED) is 0.800. The molecule has 5 nitrogen and oxygen atoms in total. The zero-order valence-corrected chi connectivity index (χ0v) is 9.54. The van der Waals surface area contributed by atoms with Gasteiger partial charge in [0, 0.05) is 13.1 Å². The molecule has 6 heteroatoms. The van der Waals surface area contributed by atoms with E-state index in [4.69, 9.17) is 18.0 Å². The number of nitrogens with one attached hydrogen (secondary N) is 1. The molecule has 0 saturated carbocycles. The van der Waals surface area contributed by atoms with Crippen molar-refractivity contribution in [3.05, 3.63) is 5.28 Å². The molecule has 1 fully saturated rings. The van der Waals surface area contributed by atoms with E-state index in [0.29, 0.717) is 18.4 Å². The smallest absolute Gasteiger partial charge is 0.231 e. The lowest BCUT2D eigenvalue weighted by molar-refractivity contribution is 0.880. The van der Waals surface area contributed by atoms with E-state index in [1.807, 2.05) is 0 Å². The van der Waals surface area contributed by atoms with Gasteiger partial charge in [-0.25, -0.2) is 0 Å². The van der Waals surface area contributed by atoms with Crippen LogP contribution in [0.15, 0.2) is 0 Å². The van der Waals surface area contributed by atoms with Crippen molar-refractivity contribution in [1.29, 1.82) is 0 Å². The van der Waals surface area contributed by atoms with Gasteiger partial charge in [0.2, 0.25) is 17.2 Å². The molecule has 1 aliphatic rings. The van der Waals surface area contributed by atoms with Crippen LogP contribution in [-0.2, 0) is 0 Å². The topological polar surface area (TPSA) is 53.9 Å². The number of rotatable bonds is 3. The first-order chi connectivity index (χ1) is 7.79. The van der Waals surface area contributed by atoms with E-state index in [0.717, 1.165) is 25.9 Å². The number of hydrogen-bond acceptors (Lipinski definition) is 5. The van der Waals surface area contributed by atoms with E-state index in [2.05, 4.69) is 31.1 Å². The second-order valence-electron chi connectivity index (χ2n) is 3.48. The monoisotopic (exact) mass is 237 g/mol. The Bertz CT molecular complexity index is 408. The van der Waals surface area contributed by atoms with E-state index in [-0.39, 0.29) is 5.28 Å². The molecule has 0 aliphatic carbocycles. The SMILES string of the molecule is C#CCNc1nc(Cl)nc(N2CCCC2)n1. The molecule has 0 unspecified atom stereocenters. The minimum absolute atomic E-state index is 0.191. The number of aromatic nitrogens is 3. The highest BCUT2D eigenvalue weighted by Crippen LogP contribution is 2.18. The first-order valence-corrected chi connectivity index (χ1v) is 5.51. The van der Waals surface area contributed by atoms with Crippen LogP contribution in [0.4, 0.5) is 11.9 Å². The van der Waals surface area contributed by atoms with Crippen LogP contribution in [0.3, 0.4) is 0 Å². The van der Waals surface area contributed by atoms with Crippen molar-refractivity contribution in [1.82, 2.24) is 15.0 Å². The molecule has 0 atom stereocenters. The third-order valence-corrected chi connectivity index (χ3v) is 2.50. The van der Waals surface area contributed by atoms with Crippen molar-refractivity contribution in [2.75, 3.05) is 29.9 Å². The van der Waals surface area contributed by atoms with Gasteiger partial charge >= 0.3 is 0 Å². The highest BCUT2D eigenvalue weighted by molar-refractivity contribution is 6.28. The lowest BCUT2D eigenvalue weighted by atomic mass is 10.4. The number of halogens is 1. The maximum absolute atomic E-state index is 5.83. The van der Waals surface area contributed by atoms with Gasteiger partial charge in [-0.15, -0.1) is 6.42 Å². The van der Waals surface area contributed by atoms with Crippen LogP contribution in [0.25, 0.3) is 0 Å². The van der Waals surface area contributed by atoms with E-state index < -0.39 is 0 Å². The third-order valence-electron chi connectivity index (χ3n) is 2.33. The average Bonchev–Trinajstić information content (AvgIpc) is 2.79. The number of hydrogen-bond donors (Lipinski definition) is 1. The molecule has 0 bridgehead atoms. The van der Waals surface area contributed by atoms with Gasteiger partial charge in [-0.3, -0.25) is 0 Å². The zero-order valence-electron chi connectivity index (χ0n) is 8.78. The minimum atomic E-state index is 0.191. The normalized spacial score (nSPS) is 14.9. The maximum Gasteiger partial charge on any atom is 0.231 e. The summed E-state index contributed by atoms with van der Waals surface area (Å²) in [4.78, 5) is 14.4. The van der Waals surface area contributed by atoms with Crippen LogP contribution >= 0.6 is 11.6 Å². The maximum atomic E-state index is 5.83. The van der Waals surface area contributed by atoms with Gasteiger partial charge in [-0.1, -0.05) is 5.92 Å². The molecule has 0 aromatic carbocycles. The fourth-order valence-electron chi connectivity index (χ4n) is 1.61. The fraction of sp³-hybridized carbons (Fsp3) is 0.500. The minimum Gasteiger partial charge on any atom is -0.343 e. The molecule has 2 heterocycles. The molecular formula is C10H12ClN5. The van der Waals surface area contributed by atoms with Crippen molar-refractivity contribution in [3.8, 4) is 12.3 Å². The summed E-state index contributed by atoms with van der Waals surface area (Å²) in [5.74, 6) is 3.51. The molecule has 84 valence electrons. The summed E-state index contributed by atoms with van der Waals surface area (Å²) in [6.45, 7) is 2.31. The van der Waals surface area contributed by atoms with E-state index in [1.54, 1.807) is 0 Å². The standard InChI is InChI=1S/C10H12ClN5/c1-2-5-12-9-13-8(11)14-10(15-9)16-6-3-4-7-16/h1H,3-7H2,(H,12,13,14,15). The summed E-state index contributed by atoms with van der Waals surface area (Å²) in [5, 5.41) is 3.08. The summed E-state index contributed by atoms with van der Waals surface area (Å²) in [7, 11) is 0. The Hall–Kier alpha value is -1.54. The van der Waals surface area contributed by atoms with Gasteiger partial charge in [0.15, 0.2) is 0 Å². The molecule has 1 aliphatic heterocycles. The largest absolute Gasteiger partial charge is 0.343 e. The lowest BCUT2D eigenvalue weighted by Gasteiger charge is -2.15. The fourth-order valence-corrected chi connectivity index (χ4v) is 1.76. The van der Waals surface area contributed by atoms with Gasteiger partial charge in [-0.2, -0.15) is 15.0 Å². The van der Waals surface area contributed by atoms with E-state index in [1.165, 1.54) is 0 Å². The van der Waals surface area contributed by atoms with Crippen LogP contribution in [-0.4, -0.2) is 34.6 Å². The lowest BCUT2D eigenvalue weighted by Crippen LogP contribution is -2.21. The second-order valence-corrected chi connectivity index (χ2v) is 3.82. The average molecular weight is 238 g/mol. The highest BCUT2D eigenvalue weighted by Gasteiger charge is 2.16. The molecular weight excluding hydrogens is 226 g/mol. The first-order valence-electron chi connectivity index (χ1n) is 5.13. The summed E-state index contributed by atoms with van der Waals surface area (Å²) < 4.78 is 0. The second kappa shape index (κ2) is 4.99. The van der Waals surface area contributed by atoms with E-state index in [9.17, 15) is 0 Å². The first kappa shape index (κ1) is 11.0. The van der Waals surface area contributed by atoms with Crippen molar-refractivity contribution in [2.24, 2.45) is 0 Å². The molecule has 1 aromatic heterocycles. The van der Waals surface area contributed by atoms with Crippen LogP contribution in [0.5, 0.6) is 0 Å². The van der Waals surface area contributed by atoms with Crippen LogP contribution in [0.2, 0.25) is 5.28 Å². The molecule has 16 heavy (non-hydrogen) atoms. The Morgan fingerprint density at radius 2 is 2.06 bits per heavy atom. The predicted molar refractivity (Wildman–Crippen MR) is 63.6 cm³/mol. The summed E-state index contributed by atoms with van der Waals surface area (Å²) >= 11 is 5.83. The summed E-state index contributed by atoms with van der Waals surface area (Å²) in [6.07, 6.45) is 7.47. The molecule has 1 aromatic rings. The summed E-state index contributed by atoms with van der Waals surface area (Å²) in [5.41, 5.74) is 0. The molecule has 1 N–H and O–H groups in total. The Kier molecular flexibility index (Phi) is 3.42. The molecule has 0 radical (unpaired) electrons. The van der Waals surface area contributed by atoms with Gasteiger partial charge < -0.3 is 10.2 Å². The van der Waals surface area contributed by atoms with Crippen molar-refractivity contribution in [3.63, 3.8) is 0 Å². The number of terminal acetylenes is 1. The highest BCUT2D eigenvalue weighted by atomic mass is 35.5. The molecule has 0 spiro atoms. The van der Waals surface area contributed by atoms with Crippen LogP contribution in [0.1, 0.15) is 12.8 Å². The van der Waals surface area contributed by atoms with Crippen molar-refractivity contribution >= 4 is 23.5 Å². The predicted octanol–water partition coefficient (Wildman–Crippen LogP) is 1.17. The summed E-state index contributed by atoms with van der Waals surface area (Å²) in [6, 6.07) is 0. The Balaban J connectivity index is 2.18.